The zero-order valence-electron chi connectivity index (χ0n) is 60.6. The van der Waals surface area contributed by atoms with Gasteiger partial charge in [-0.15, -0.1) is 29.3 Å². The van der Waals surface area contributed by atoms with Gasteiger partial charge in [-0.05, 0) is 122 Å². The molecular weight excluding hydrogens is 998 g/mol. The maximum absolute atomic E-state index is 12.4. The maximum Gasteiger partial charge on any atom is 0.148 e. The molecule has 0 saturated heterocycles. The first-order valence-corrected chi connectivity index (χ1v) is 21.8. The fraction of sp³-hybridized carbons (Fsp3) is 0.323. The third-order valence-electron chi connectivity index (χ3n) is 11.8. The van der Waals surface area contributed by atoms with Crippen LogP contribution < -0.4 is 0 Å². The molecular formula is C62H68N3OPt-. The average Bonchev–Trinajstić information content (AvgIpc) is 0.726. The Morgan fingerprint density at radius 1 is 0.687 bits per heavy atom. The van der Waals surface area contributed by atoms with E-state index in [-0.39, 0.29) is 60.7 Å². The van der Waals surface area contributed by atoms with Gasteiger partial charge in [0, 0.05) is 57.7 Å². The minimum Gasteiger partial charge on any atom is -0.507 e. The number of hydrogen-bond acceptors (Lipinski definition) is 3. The summed E-state index contributed by atoms with van der Waals surface area (Å²) in [6, 6.07) is 19.5. The van der Waals surface area contributed by atoms with Gasteiger partial charge in [-0.2, -0.15) is 0 Å². The number of phenolic OH excluding ortho intramolecular Hbond substituents is 1. The molecule has 0 fully saturated rings. The predicted molar refractivity (Wildman–Crippen MR) is 280 cm³/mol. The first kappa shape index (κ1) is 28.7. The van der Waals surface area contributed by atoms with Crippen LogP contribution in [0, 0.1) is 19.8 Å². The van der Waals surface area contributed by atoms with E-state index < -0.39 is 115 Å². The minimum atomic E-state index is -3.96. The monoisotopic (exact) mass is 1090 g/mol. The Bertz CT molecular complexity index is 3990. The second kappa shape index (κ2) is 18.5. The van der Waals surface area contributed by atoms with Crippen LogP contribution in [0.2, 0.25) is 0 Å². The number of imidazole rings is 1. The van der Waals surface area contributed by atoms with Gasteiger partial charge in [-0.3, -0.25) is 9.55 Å². The molecule has 1 N–H and O–H groups in total. The Labute approximate surface area is 444 Å². The van der Waals surface area contributed by atoms with Crippen LogP contribution in [0.1, 0.15) is 169 Å². The number of nitrogens with zero attached hydrogens (tertiary/aromatic N) is 3. The topological polar surface area (TPSA) is 50.9 Å². The first-order valence-electron chi connectivity index (χ1n) is 32.3. The Kier molecular flexibility index (Phi) is 7.92. The van der Waals surface area contributed by atoms with Gasteiger partial charge in [0.05, 0.1) is 31.9 Å². The molecule has 0 aliphatic carbocycles. The van der Waals surface area contributed by atoms with Crippen molar-refractivity contribution in [2.24, 2.45) is 0 Å². The van der Waals surface area contributed by atoms with E-state index in [0.29, 0.717) is 55.5 Å². The van der Waals surface area contributed by atoms with E-state index in [1.807, 2.05) is 78.8 Å². The van der Waals surface area contributed by atoms with Crippen molar-refractivity contribution >= 4 is 11.0 Å². The summed E-state index contributed by atoms with van der Waals surface area (Å²) in [7, 11) is 0. The molecule has 0 aliphatic rings. The molecule has 2 heterocycles. The van der Waals surface area contributed by atoms with Gasteiger partial charge in [-0.25, -0.2) is 4.98 Å². The van der Waals surface area contributed by atoms with Gasteiger partial charge >= 0.3 is 0 Å². The number of aromatic hydroxyl groups is 1. The van der Waals surface area contributed by atoms with Crippen molar-refractivity contribution in [3.8, 4) is 67.5 Å². The molecule has 0 bridgehead atoms. The fourth-order valence-corrected chi connectivity index (χ4v) is 8.01. The largest absolute Gasteiger partial charge is 0.507 e. The van der Waals surface area contributed by atoms with Crippen molar-refractivity contribution in [2.45, 2.75) is 132 Å². The number of pyridine rings is 1. The molecule has 0 amide bonds. The van der Waals surface area contributed by atoms with Crippen LogP contribution in [0.4, 0.5) is 0 Å². The number of hydrogen-bond donors (Lipinski definition) is 1. The van der Waals surface area contributed by atoms with Crippen molar-refractivity contribution in [1.29, 1.82) is 0 Å². The fourth-order valence-electron chi connectivity index (χ4n) is 8.01. The van der Waals surface area contributed by atoms with Crippen LogP contribution in [0.3, 0.4) is 0 Å². The summed E-state index contributed by atoms with van der Waals surface area (Å²) >= 11 is 0. The molecule has 8 rings (SSSR count). The van der Waals surface area contributed by atoms with Crippen molar-refractivity contribution in [2.75, 3.05) is 0 Å². The van der Waals surface area contributed by atoms with Gasteiger partial charge in [0.1, 0.15) is 11.6 Å². The predicted octanol–water partition coefficient (Wildman–Crippen LogP) is 17.0. The Morgan fingerprint density at radius 3 is 2.00 bits per heavy atom. The zero-order valence-corrected chi connectivity index (χ0v) is 41.9. The molecule has 0 aliphatic heterocycles. The van der Waals surface area contributed by atoms with Gasteiger partial charge in [0.2, 0.25) is 0 Å². The summed E-state index contributed by atoms with van der Waals surface area (Å²) in [5.74, 6) is -2.07. The molecule has 0 atom stereocenters. The number of phenols is 1. The third-order valence-corrected chi connectivity index (χ3v) is 11.8. The number of fused-ring (bicyclic) bond motifs is 1. The van der Waals surface area contributed by atoms with Crippen molar-refractivity contribution < 1.29 is 55.0 Å². The van der Waals surface area contributed by atoms with Gasteiger partial charge in [0.25, 0.3) is 0 Å². The molecule has 5 heteroatoms. The van der Waals surface area contributed by atoms with E-state index in [2.05, 4.69) is 11.1 Å². The summed E-state index contributed by atoms with van der Waals surface area (Å²) in [4.78, 5) is 9.65. The van der Waals surface area contributed by atoms with Crippen LogP contribution in [0.15, 0.2) is 121 Å². The van der Waals surface area contributed by atoms with E-state index in [1.165, 1.54) is 0 Å². The van der Waals surface area contributed by atoms with Crippen molar-refractivity contribution in [3.05, 3.63) is 166 Å². The van der Waals surface area contributed by atoms with Gasteiger partial charge in [-0.1, -0.05) is 174 Å². The van der Waals surface area contributed by atoms with Crippen LogP contribution in [-0.2, 0) is 37.3 Å². The van der Waals surface area contributed by atoms with E-state index in [4.69, 9.17) is 29.7 Å². The van der Waals surface area contributed by atoms with E-state index >= 15 is 0 Å². The molecule has 0 unspecified atom stereocenters. The van der Waals surface area contributed by atoms with Crippen LogP contribution in [0.5, 0.6) is 5.75 Å². The molecule has 8 aromatic rings. The van der Waals surface area contributed by atoms with E-state index in [9.17, 15) is 9.22 Å². The van der Waals surface area contributed by atoms with Gasteiger partial charge < -0.3 is 5.11 Å². The number of benzene rings is 6. The molecule has 0 spiro atoms. The number of rotatable bonds is 8. The Balaban J connectivity index is 0.0000110. The minimum absolute atomic E-state index is 0. The smallest absolute Gasteiger partial charge is 0.148 e. The quantitative estimate of drug-likeness (QED) is 0.154. The average molecular weight is 1090 g/mol. The maximum atomic E-state index is 12.4. The summed E-state index contributed by atoms with van der Waals surface area (Å²) in [6.45, 7) is 5.72. The van der Waals surface area contributed by atoms with E-state index in [1.54, 1.807) is 80.8 Å². The number of para-hydroxylation sites is 1. The van der Waals surface area contributed by atoms with E-state index in [0.717, 1.165) is 5.56 Å². The van der Waals surface area contributed by atoms with Crippen molar-refractivity contribution in [1.82, 2.24) is 14.5 Å². The number of aryl methyl sites for hydroxylation is 2. The third kappa shape index (κ3) is 10.0. The molecule has 348 valence electrons. The molecule has 0 radical (unpaired) electrons. The second-order valence-corrected chi connectivity index (χ2v) is 19.6. The Morgan fingerprint density at radius 2 is 1.37 bits per heavy atom. The summed E-state index contributed by atoms with van der Waals surface area (Å²) in [5.41, 5.74) is -2.35. The van der Waals surface area contributed by atoms with Crippen LogP contribution >= 0.6 is 0 Å². The van der Waals surface area contributed by atoms with Crippen molar-refractivity contribution in [3.63, 3.8) is 0 Å². The molecule has 6 aromatic carbocycles. The summed E-state index contributed by atoms with van der Waals surface area (Å²) in [6.07, 6.45) is -0.808. The molecule has 67 heavy (non-hydrogen) atoms. The first-order chi connectivity index (χ1) is 39.5. The second-order valence-electron chi connectivity index (χ2n) is 19.6. The normalized spacial score (nSPS) is 17.9. The number of aromatic nitrogens is 3. The molecule has 0 saturated carbocycles. The standard InChI is InChI=1S/C62H68N3O.Pt/c1-37(2)44-30-45(38(3)4)32-46(31-44)42-21-24-55(40(6)29-42)65-56-18-16-17-51(57(56)64-59(65)52-27-39(5)28-53(58(52)66)62(13,14)15)47-33-48(35-50(34-47)61(10,11)12)54-36-43(25-26-63-54)41-19-22-49(23-20-41)60(7,8)9;/h16-32,34-38,66H,1-15H3;/q-1;/i6D3,7D3,8D3,9D3,19D,20D,22D,23D,25D,26D,36D,37D,38D;. The summed E-state index contributed by atoms with van der Waals surface area (Å²) in [5, 5.41) is 12.4. The van der Waals surface area contributed by atoms with Crippen LogP contribution in [-0.4, -0.2) is 19.6 Å². The van der Waals surface area contributed by atoms with Crippen LogP contribution in [0.25, 0.3) is 72.7 Å². The summed E-state index contributed by atoms with van der Waals surface area (Å²) < 4.78 is 185. The molecule has 2 aromatic heterocycles. The molecule has 4 nitrogen and oxygen atoms in total. The SMILES string of the molecule is [2H]c1nc(-c2[c-]c(-c3cccc4c3nc(-c3cc(C)cc(C(C)(C)C)c3O)n4-c3ccc(-c4cc(C([2H])(C)C)cc(C([2H])(C)C)c4)cc3C([2H])([2H])[2H])cc(C(C)(C)C)c2)c([2H])c(-c2c([2H])c([2H])c(C(C([2H])([2H])[2H])(C([2H])([2H])[2H])C([2H])([2H])[2H])c([2H])c2[2H])c1[2H].[Pt]. The zero-order chi connectivity index (χ0) is 65.6. The Hall–Kier alpha value is -5.57. The van der Waals surface area contributed by atoms with Gasteiger partial charge in [0.15, 0.2) is 0 Å².